The number of nitrogens with one attached hydrogen (secondary N) is 1. The summed E-state index contributed by atoms with van der Waals surface area (Å²) >= 11 is 0. The first-order chi connectivity index (χ1) is 16.5. The lowest BCUT2D eigenvalue weighted by atomic mass is 9.82. The third-order valence-corrected chi connectivity index (χ3v) is 6.30. The third-order valence-electron chi connectivity index (χ3n) is 6.30. The van der Waals surface area contributed by atoms with E-state index in [0.717, 1.165) is 23.6 Å². The van der Waals surface area contributed by atoms with E-state index < -0.39 is 5.91 Å². The molecule has 1 fully saturated rings. The first kappa shape index (κ1) is 21.6. The number of para-hydroxylation sites is 1. The van der Waals surface area contributed by atoms with Crippen molar-refractivity contribution >= 4 is 11.8 Å². The molecule has 8 nitrogen and oxygen atoms in total. The van der Waals surface area contributed by atoms with Crippen LogP contribution >= 0.6 is 0 Å². The molecule has 0 radical (unpaired) electrons. The second-order valence-electron chi connectivity index (χ2n) is 8.45. The number of imidazole rings is 1. The number of fused-ring (bicyclic) bond motifs is 1. The molecule has 0 spiro atoms. The lowest BCUT2D eigenvalue weighted by Crippen LogP contribution is -2.53. The van der Waals surface area contributed by atoms with Crippen LogP contribution in [0.2, 0.25) is 0 Å². The lowest BCUT2D eigenvalue weighted by molar-refractivity contribution is -0.131. The maximum Gasteiger partial charge on any atom is 0.298 e. The molecule has 1 atom stereocenters. The molecule has 2 amide bonds. The SMILES string of the molecule is CC#CC(=O)N1CC(C2CCNn3c2nc(-c2ccc(Oc4ccccc4)cc2)c3C(N)=O)C1. The van der Waals surface area contributed by atoms with Crippen LogP contribution in [0.4, 0.5) is 0 Å². The van der Waals surface area contributed by atoms with Gasteiger partial charge < -0.3 is 20.8 Å². The van der Waals surface area contributed by atoms with Gasteiger partial charge in [-0.25, -0.2) is 9.66 Å². The van der Waals surface area contributed by atoms with Gasteiger partial charge in [0.25, 0.3) is 11.8 Å². The van der Waals surface area contributed by atoms with Crippen molar-refractivity contribution in [1.82, 2.24) is 14.6 Å². The third kappa shape index (κ3) is 3.97. The summed E-state index contributed by atoms with van der Waals surface area (Å²) in [5, 5.41) is 0. The number of ether oxygens (including phenoxy) is 1. The molecule has 1 aromatic heterocycles. The first-order valence-corrected chi connectivity index (χ1v) is 11.3. The Morgan fingerprint density at radius 3 is 2.47 bits per heavy atom. The molecule has 3 aromatic rings. The van der Waals surface area contributed by atoms with Crippen LogP contribution in [0.25, 0.3) is 11.3 Å². The molecule has 8 heteroatoms. The number of hydrogen-bond acceptors (Lipinski definition) is 5. The zero-order valence-electron chi connectivity index (χ0n) is 18.8. The average molecular weight is 456 g/mol. The van der Waals surface area contributed by atoms with Crippen molar-refractivity contribution in [2.24, 2.45) is 11.7 Å². The highest BCUT2D eigenvalue weighted by Crippen LogP contribution is 2.38. The highest BCUT2D eigenvalue weighted by Gasteiger charge is 2.41. The van der Waals surface area contributed by atoms with Crippen molar-refractivity contribution < 1.29 is 14.3 Å². The number of aromatic nitrogens is 2. The van der Waals surface area contributed by atoms with E-state index >= 15 is 0 Å². The van der Waals surface area contributed by atoms with E-state index in [-0.39, 0.29) is 17.7 Å². The summed E-state index contributed by atoms with van der Waals surface area (Å²) in [4.78, 5) is 31.1. The first-order valence-electron chi connectivity index (χ1n) is 11.3. The van der Waals surface area contributed by atoms with Crippen LogP contribution in [-0.2, 0) is 4.79 Å². The summed E-state index contributed by atoms with van der Waals surface area (Å²) in [5.74, 6) is 7.15. The van der Waals surface area contributed by atoms with Gasteiger partial charge in [0.15, 0.2) is 5.69 Å². The van der Waals surface area contributed by atoms with Crippen LogP contribution in [0.3, 0.4) is 0 Å². The van der Waals surface area contributed by atoms with Gasteiger partial charge in [0.2, 0.25) is 0 Å². The number of nitrogens with two attached hydrogens (primary N) is 1. The minimum atomic E-state index is -0.546. The second kappa shape index (κ2) is 8.94. The Kier molecular flexibility index (Phi) is 5.68. The summed E-state index contributed by atoms with van der Waals surface area (Å²) in [5.41, 5.74) is 10.7. The smallest absolute Gasteiger partial charge is 0.298 e. The average Bonchev–Trinajstić information content (AvgIpc) is 3.20. The molecular formula is C26H25N5O3. The maximum absolute atomic E-state index is 12.4. The van der Waals surface area contributed by atoms with Crippen molar-refractivity contribution in [3.63, 3.8) is 0 Å². The Balaban J connectivity index is 1.41. The van der Waals surface area contributed by atoms with Gasteiger partial charge in [-0.15, -0.1) is 0 Å². The number of hydrogen-bond donors (Lipinski definition) is 2. The van der Waals surface area contributed by atoms with Crippen LogP contribution < -0.4 is 15.9 Å². The zero-order chi connectivity index (χ0) is 23.7. The Morgan fingerprint density at radius 1 is 1.09 bits per heavy atom. The molecule has 1 unspecified atom stereocenters. The van der Waals surface area contributed by atoms with Gasteiger partial charge in [-0.05, 0) is 55.7 Å². The minimum Gasteiger partial charge on any atom is -0.457 e. The van der Waals surface area contributed by atoms with Crippen LogP contribution in [0.15, 0.2) is 54.6 Å². The molecule has 0 aliphatic carbocycles. The predicted molar refractivity (Wildman–Crippen MR) is 128 cm³/mol. The van der Waals surface area contributed by atoms with Crippen molar-refractivity contribution in [2.75, 3.05) is 25.1 Å². The Bertz CT molecular complexity index is 1280. The normalized spacial score (nSPS) is 17.0. The lowest BCUT2D eigenvalue weighted by Gasteiger charge is -2.43. The number of carbonyl (C=O) groups is 2. The van der Waals surface area contributed by atoms with Crippen LogP contribution in [0, 0.1) is 17.8 Å². The fourth-order valence-corrected chi connectivity index (χ4v) is 4.61. The van der Waals surface area contributed by atoms with Crippen LogP contribution in [0.1, 0.15) is 35.6 Å². The van der Waals surface area contributed by atoms with Crippen LogP contribution in [0.5, 0.6) is 11.5 Å². The Hall–Kier alpha value is -4.25. The molecular weight excluding hydrogens is 430 g/mol. The van der Waals surface area contributed by atoms with Gasteiger partial charge in [-0.1, -0.05) is 24.1 Å². The molecule has 1 saturated heterocycles. The highest BCUT2D eigenvalue weighted by molar-refractivity contribution is 5.98. The number of carbonyl (C=O) groups excluding carboxylic acids is 2. The molecule has 0 saturated carbocycles. The standard InChI is InChI=1S/C26H25N5O3/c1-2-6-22(32)30-15-18(16-30)21-13-14-28-31-24(25(27)33)23(29-26(21)31)17-9-11-20(12-10-17)34-19-7-4-3-5-8-19/h3-5,7-12,18,21,28H,13-16H2,1H3,(H2,27,33). The highest BCUT2D eigenvalue weighted by atomic mass is 16.5. The van der Waals surface area contributed by atoms with Gasteiger partial charge in [-0.3, -0.25) is 9.59 Å². The Morgan fingerprint density at radius 2 is 1.79 bits per heavy atom. The molecule has 3 N–H and O–H groups in total. The zero-order valence-corrected chi connectivity index (χ0v) is 18.8. The molecule has 172 valence electrons. The summed E-state index contributed by atoms with van der Waals surface area (Å²) < 4.78 is 7.61. The van der Waals surface area contributed by atoms with E-state index in [2.05, 4.69) is 17.3 Å². The summed E-state index contributed by atoms with van der Waals surface area (Å²) in [7, 11) is 0. The van der Waals surface area contributed by atoms with Crippen molar-refractivity contribution in [3.8, 4) is 34.6 Å². The summed E-state index contributed by atoms with van der Waals surface area (Å²) in [6.07, 6.45) is 0.866. The van der Waals surface area contributed by atoms with E-state index in [0.29, 0.717) is 36.8 Å². The van der Waals surface area contributed by atoms with E-state index in [4.69, 9.17) is 15.5 Å². The number of benzene rings is 2. The van der Waals surface area contributed by atoms with Crippen molar-refractivity contribution in [1.29, 1.82) is 0 Å². The maximum atomic E-state index is 12.4. The molecule has 0 bridgehead atoms. The van der Waals surface area contributed by atoms with Gasteiger partial charge in [0.1, 0.15) is 23.0 Å². The van der Waals surface area contributed by atoms with Crippen molar-refractivity contribution in [2.45, 2.75) is 19.3 Å². The number of amides is 2. The predicted octanol–water partition coefficient (Wildman–Crippen LogP) is 2.95. The minimum absolute atomic E-state index is 0.118. The van der Waals surface area contributed by atoms with Gasteiger partial charge in [-0.2, -0.15) is 0 Å². The number of likely N-dealkylation sites (tertiary alicyclic amines) is 1. The molecule has 2 aliphatic heterocycles. The monoisotopic (exact) mass is 455 g/mol. The van der Waals surface area contributed by atoms with E-state index in [1.54, 1.807) is 16.5 Å². The van der Waals surface area contributed by atoms with Gasteiger partial charge in [0, 0.05) is 37.0 Å². The topological polar surface area (TPSA) is 102 Å². The van der Waals surface area contributed by atoms with Gasteiger partial charge >= 0.3 is 0 Å². The van der Waals surface area contributed by atoms with Gasteiger partial charge in [0.05, 0.1) is 0 Å². The molecule has 2 aromatic carbocycles. The fourth-order valence-electron chi connectivity index (χ4n) is 4.61. The summed E-state index contributed by atoms with van der Waals surface area (Å²) in [6, 6.07) is 17.0. The summed E-state index contributed by atoms with van der Waals surface area (Å²) in [6.45, 7) is 3.62. The van der Waals surface area contributed by atoms with E-state index in [1.807, 2.05) is 54.6 Å². The van der Waals surface area contributed by atoms with Crippen molar-refractivity contribution in [3.05, 3.63) is 66.1 Å². The van der Waals surface area contributed by atoms with E-state index in [9.17, 15) is 9.59 Å². The number of nitrogens with zero attached hydrogens (tertiary/aromatic N) is 3. The molecule has 2 aliphatic rings. The largest absolute Gasteiger partial charge is 0.457 e. The fraction of sp³-hybridized carbons (Fsp3) is 0.269. The molecule has 34 heavy (non-hydrogen) atoms. The molecule has 3 heterocycles. The Labute approximate surface area is 197 Å². The number of primary amides is 1. The molecule has 5 rings (SSSR count). The van der Waals surface area contributed by atoms with Crippen LogP contribution in [-0.4, -0.2) is 46.0 Å². The second-order valence-corrected chi connectivity index (χ2v) is 8.45. The van der Waals surface area contributed by atoms with E-state index in [1.165, 1.54) is 0 Å². The quantitative estimate of drug-likeness (QED) is 0.576. The number of rotatable bonds is 5.